The van der Waals surface area contributed by atoms with Gasteiger partial charge in [0, 0.05) is 25.2 Å². The minimum atomic E-state index is -0.404. The Hall–Kier alpha value is -2.14. The van der Waals surface area contributed by atoms with Crippen LogP contribution in [0.5, 0.6) is 5.75 Å². The Labute approximate surface area is 128 Å². The van der Waals surface area contributed by atoms with E-state index in [9.17, 15) is 9.50 Å². The highest BCUT2D eigenvalue weighted by Crippen LogP contribution is 2.50. The first-order chi connectivity index (χ1) is 10.7. The van der Waals surface area contributed by atoms with Crippen LogP contribution in [0.3, 0.4) is 0 Å². The van der Waals surface area contributed by atoms with Gasteiger partial charge in [0.2, 0.25) is 0 Å². The van der Waals surface area contributed by atoms with Crippen LogP contribution < -0.4 is 9.64 Å². The second kappa shape index (κ2) is 4.95. The zero-order chi connectivity index (χ0) is 15.2. The number of aliphatic hydroxyl groups is 1. The molecule has 1 N–H and O–H groups in total. The van der Waals surface area contributed by atoms with E-state index < -0.39 is 5.41 Å². The Balaban J connectivity index is 1.75. The van der Waals surface area contributed by atoms with Crippen molar-refractivity contribution in [2.75, 3.05) is 31.2 Å². The molecule has 4 rings (SSSR count). The normalized spacial score (nSPS) is 26.3. The zero-order valence-electron chi connectivity index (χ0n) is 12.1. The second-order valence-corrected chi connectivity index (χ2v) is 6.09. The molecule has 2 aliphatic heterocycles. The molecule has 1 saturated heterocycles. The second-order valence-electron chi connectivity index (χ2n) is 6.09. The molecule has 0 saturated carbocycles. The number of para-hydroxylation sites is 1. The van der Waals surface area contributed by atoms with Gasteiger partial charge in [-0.3, -0.25) is 0 Å². The van der Waals surface area contributed by atoms with Gasteiger partial charge in [0.1, 0.15) is 5.75 Å². The van der Waals surface area contributed by atoms with Gasteiger partial charge in [-0.25, -0.2) is 9.37 Å². The van der Waals surface area contributed by atoms with Crippen molar-refractivity contribution in [3.63, 3.8) is 0 Å². The molecule has 22 heavy (non-hydrogen) atoms. The molecule has 2 aliphatic rings. The van der Waals surface area contributed by atoms with E-state index in [2.05, 4.69) is 4.98 Å². The first-order valence-corrected chi connectivity index (χ1v) is 7.41. The summed E-state index contributed by atoms with van der Waals surface area (Å²) in [5.41, 5.74) is 0.680. The number of hydrogen-bond acceptors (Lipinski definition) is 4. The van der Waals surface area contributed by atoms with Crippen molar-refractivity contribution in [2.24, 2.45) is 5.41 Å². The largest absolute Gasteiger partial charge is 0.493 e. The van der Waals surface area contributed by atoms with Crippen LogP contribution in [0.2, 0.25) is 0 Å². The van der Waals surface area contributed by atoms with Crippen LogP contribution in [0.25, 0.3) is 0 Å². The Kier molecular flexibility index (Phi) is 3.04. The summed E-state index contributed by atoms with van der Waals surface area (Å²) in [7, 11) is 0. The minimum absolute atomic E-state index is 0.0109. The van der Waals surface area contributed by atoms with E-state index in [-0.39, 0.29) is 18.3 Å². The number of nitrogens with zero attached hydrogens (tertiary/aromatic N) is 2. The molecule has 0 amide bonds. The molecule has 1 aromatic heterocycles. The Morgan fingerprint density at radius 1 is 1.32 bits per heavy atom. The lowest BCUT2D eigenvalue weighted by Gasteiger charge is -2.37. The maximum absolute atomic E-state index is 14.0. The molecule has 4 nitrogen and oxygen atoms in total. The van der Waals surface area contributed by atoms with E-state index in [1.165, 1.54) is 6.07 Å². The third-order valence-electron chi connectivity index (χ3n) is 4.81. The molecule has 0 spiro atoms. The third-order valence-corrected chi connectivity index (χ3v) is 4.81. The number of benzene rings is 1. The first-order valence-electron chi connectivity index (χ1n) is 7.41. The van der Waals surface area contributed by atoms with Crippen molar-refractivity contribution < 1.29 is 14.2 Å². The smallest absolute Gasteiger partial charge is 0.165 e. The van der Waals surface area contributed by atoms with E-state index in [0.29, 0.717) is 25.5 Å². The van der Waals surface area contributed by atoms with Crippen molar-refractivity contribution >= 4 is 5.82 Å². The number of ether oxygens (including phenoxy) is 1. The molecule has 0 aliphatic carbocycles. The Bertz CT molecular complexity index is 709. The highest BCUT2D eigenvalue weighted by atomic mass is 19.1. The number of aliphatic hydroxyl groups excluding tert-OH is 1. The third kappa shape index (κ3) is 1.89. The van der Waals surface area contributed by atoms with Crippen molar-refractivity contribution in [1.29, 1.82) is 0 Å². The summed E-state index contributed by atoms with van der Waals surface area (Å²) >= 11 is 0. The lowest BCUT2D eigenvalue weighted by Crippen LogP contribution is -2.42. The summed E-state index contributed by atoms with van der Waals surface area (Å²) in [5.74, 6) is 0.995. The number of halogens is 1. The molecule has 114 valence electrons. The monoisotopic (exact) mass is 300 g/mol. The van der Waals surface area contributed by atoms with Crippen LogP contribution in [-0.2, 0) is 0 Å². The fraction of sp³-hybridized carbons (Fsp3) is 0.353. The van der Waals surface area contributed by atoms with E-state index in [1.807, 2.05) is 29.2 Å². The van der Waals surface area contributed by atoms with Gasteiger partial charge in [0.25, 0.3) is 0 Å². The van der Waals surface area contributed by atoms with Crippen molar-refractivity contribution in [1.82, 2.24) is 4.98 Å². The Morgan fingerprint density at radius 2 is 2.18 bits per heavy atom. The zero-order valence-corrected chi connectivity index (χ0v) is 12.1. The number of hydrogen-bond donors (Lipinski definition) is 1. The van der Waals surface area contributed by atoms with Gasteiger partial charge in [-0.1, -0.05) is 18.2 Å². The van der Waals surface area contributed by atoms with Gasteiger partial charge in [-0.15, -0.1) is 0 Å². The van der Waals surface area contributed by atoms with Crippen LogP contribution in [0.4, 0.5) is 10.2 Å². The van der Waals surface area contributed by atoms with Crippen LogP contribution in [0.1, 0.15) is 11.5 Å². The van der Waals surface area contributed by atoms with Crippen LogP contribution in [0, 0.1) is 11.2 Å². The first kappa shape index (κ1) is 13.5. The highest BCUT2D eigenvalue weighted by Gasteiger charge is 2.51. The lowest BCUT2D eigenvalue weighted by atomic mass is 9.74. The number of rotatable bonds is 2. The summed E-state index contributed by atoms with van der Waals surface area (Å²) in [6.07, 6.45) is 1.59. The lowest BCUT2D eigenvalue weighted by molar-refractivity contribution is 0.0535. The molecule has 0 bridgehead atoms. The Morgan fingerprint density at radius 3 is 3.00 bits per heavy atom. The predicted octanol–water partition coefficient (Wildman–Crippen LogP) is 2.20. The topological polar surface area (TPSA) is 45.6 Å². The molecule has 5 heteroatoms. The van der Waals surface area contributed by atoms with Crippen molar-refractivity contribution in [2.45, 2.75) is 5.92 Å². The van der Waals surface area contributed by atoms with Crippen LogP contribution >= 0.6 is 0 Å². The molecule has 0 unspecified atom stereocenters. The maximum atomic E-state index is 14.0. The fourth-order valence-electron chi connectivity index (χ4n) is 3.64. The summed E-state index contributed by atoms with van der Waals surface area (Å²) in [5, 5.41) is 9.99. The number of aromatic nitrogens is 1. The van der Waals surface area contributed by atoms with Gasteiger partial charge < -0.3 is 14.7 Å². The van der Waals surface area contributed by atoms with Crippen LogP contribution in [0.15, 0.2) is 42.6 Å². The molecule has 1 fully saturated rings. The van der Waals surface area contributed by atoms with Crippen molar-refractivity contribution in [3.05, 3.63) is 54.0 Å². The average molecular weight is 300 g/mol. The number of pyridine rings is 1. The van der Waals surface area contributed by atoms with Crippen molar-refractivity contribution in [3.8, 4) is 5.75 Å². The standard InChI is InChI=1S/C17H17FN2O2/c18-14-5-3-7-19-16(14)20-8-13-12-4-1-2-6-15(12)22-11-17(13,9-20)10-21/h1-7,13,21H,8-11H2/t13-,17-/m1/s1. The molecule has 2 aromatic rings. The summed E-state index contributed by atoms with van der Waals surface area (Å²) in [6, 6.07) is 10.9. The van der Waals surface area contributed by atoms with E-state index in [4.69, 9.17) is 4.74 Å². The summed E-state index contributed by atoms with van der Waals surface area (Å²) in [4.78, 5) is 6.09. The van der Waals surface area contributed by atoms with Crippen LogP contribution in [-0.4, -0.2) is 36.4 Å². The maximum Gasteiger partial charge on any atom is 0.165 e. The predicted molar refractivity (Wildman–Crippen MR) is 80.6 cm³/mol. The molecule has 3 heterocycles. The molecule has 1 aromatic carbocycles. The average Bonchev–Trinajstić information content (AvgIpc) is 2.96. The van der Waals surface area contributed by atoms with E-state index in [0.717, 1.165) is 11.3 Å². The number of fused-ring (bicyclic) bond motifs is 3. The SMILES string of the molecule is OC[C@]12COc3ccccc3[C@H]1CN(c1ncccc1F)C2. The van der Waals surface area contributed by atoms with Gasteiger partial charge in [-0.2, -0.15) is 0 Å². The van der Waals surface area contributed by atoms with Gasteiger partial charge in [0.05, 0.1) is 18.6 Å². The molecule has 0 radical (unpaired) electrons. The number of anilines is 1. The molecular formula is C17H17FN2O2. The molecule has 2 atom stereocenters. The summed E-state index contributed by atoms with van der Waals surface area (Å²) < 4.78 is 19.9. The highest BCUT2D eigenvalue weighted by molar-refractivity contribution is 5.48. The summed E-state index contributed by atoms with van der Waals surface area (Å²) in [6.45, 7) is 1.62. The van der Waals surface area contributed by atoms with Gasteiger partial charge in [-0.05, 0) is 23.8 Å². The van der Waals surface area contributed by atoms with Gasteiger partial charge >= 0.3 is 0 Å². The van der Waals surface area contributed by atoms with Gasteiger partial charge in [0.15, 0.2) is 11.6 Å². The fourth-order valence-corrected chi connectivity index (χ4v) is 3.64. The quantitative estimate of drug-likeness (QED) is 0.923. The molecular weight excluding hydrogens is 283 g/mol. The van der Waals surface area contributed by atoms with E-state index in [1.54, 1.807) is 12.3 Å². The van der Waals surface area contributed by atoms with E-state index >= 15 is 0 Å². The minimum Gasteiger partial charge on any atom is -0.493 e.